The Morgan fingerprint density at radius 2 is 1.38 bits per heavy atom. The summed E-state index contributed by atoms with van der Waals surface area (Å²) in [6, 6.07) is 17.7. The molecule has 0 aromatic heterocycles. The van der Waals surface area contributed by atoms with Gasteiger partial charge in [0.25, 0.3) is 0 Å². The number of aliphatic carboxylic acids is 1. The molecule has 0 aliphatic rings. The molecule has 1 N–H and O–H groups in total. The van der Waals surface area contributed by atoms with Crippen LogP contribution in [0.2, 0.25) is 0 Å². The van der Waals surface area contributed by atoms with Crippen molar-refractivity contribution in [1.29, 1.82) is 0 Å². The summed E-state index contributed by atoms with van der Waals surface area (Å²) in [5.41, 5.74) is 2.79. The Balaban J connectivity index is 2.14. The standard InChI is InChI=1S/C26H25F3O3/c1-16(2)12-24(25(30)31)21-14-19(17-4-8-22(9-5-17)26(27,28)29)13-20(15-21)18-6-10-23(32-3)11-7-18/h4-11,13-16,24H,12H2,1-3H3,(H,30,31). The molecule has 0 saturated carbocycles. The molecule has 32 heavy (non-hydrogen) atoms. The number of carboxylic acids is 1. The molecule has 0 aliphatic carbocycles. The topological polar surface area (TPSA) is 46.5 Å². The van der Waals surface area contributed by atoms with Gasteiger partial charge in [-0.05, 0) is 70.5 Å². The predicted molar refractivity (Wildman–Crippen MR) is 119 cm³/mol. The lowest BCUT2D eigenvalue weighted by Crippen LogP contribution is -2.14. The second-order valence-corrected chi connectivity index (χ2v) is 8.17. The van der Waals surface area contributed by atoms with Crippen molar-refractivity contribution in [2.24, 2.45) is 5.92 Å². The zero-order valence-corrected chi connectivity index (χ0v) is 18.1. The van der Waals surface area contributed by atoms with Gasteiger partial charge in [-0.2, -0.15) is 13.2 Å². The zero-order valence-electron chi connectivity index (χ0n) is 18.1. The number of hydrogen-bond donors (Lipinski definition) is 1. The third kappa shape index (κ3) is 5.49. The van der Waals surface area contributed by atoms with Crippen LogP contribution < -0.4 is 4.74 Å². The lowest BCUT2D eigenvalue weighted by Gasteiger charge is -2.18. The van der Waals surface area contributed by atoms with E-state index in [4.69, 9.17) is 4.74 Å². The number of rotatable bonds is 7. The van der Waals surface area contributed by atoms with Crippen LogP contribution in [-0.2, 0) is 11.0 Å². The van der Waals surface area contributed by atoms with Crippen LogP contribution in [-0.4, -0.2) is 18.2 Å². The average Bonchev–Trinajstić information content (AvgIpc) is 2.76. The van der Waals surface area contributed by atoms with Crippen molar-refractivity contribution in [1.82, 2.24) is 0 Å². The molecule has 0 radical (unpaired) electrons. The van der Waals surface area contributed by atoms with E-state index in [2.05, 4.69) is 0 Å². The fourth-order valence-electron chi connectivity index (χ4n) is 3.67. The van der Waals surface area contributed by atoms with Crippen molar-refractivity contribution in [3.8, 4) is 28.0 Å². The average molecular weight is 442 g/mol. The van der Waals surface area contributed by atoms with E-state index < -0.39 is 23.6 Å². The maximum atomic E-state index is 13.0. The Kier molecular flexibility index (Phi) is 6.92. The predicted octanol–water partition coefficient (Wildman–Crippen LogP) is 7.26. The first-order valence-corrected chi connectivity index (χ1v) is 10.3. The number of methoxy groups -OCH3 is 1. The normalized spacial score (nSPS) is 12.6. The van der Waals surface area contributed by atoms with Gasteiger partial charge < -0.3 is 9.84 Å². The third-order valence-corrected chi connectivity index (χ3v) is 5.33. The number of carbonyl (C=O) groups is 1. The first kappa shape index (κ1) is 23.4. The van der Waals surface area contributed by atoms with Gasteiger partial charge in [0.05, 0.1) is 18.6 Å². The highest BCUT2D eigenvalue weighted by atomic mass is 19.4. The molecule has 0 heterocycles. The Hall–Kier alpha value is -3.28. The first-order chi connectivity index (χ1) is 15.1. The number of halogens is 3. The summed E-state index contributed by atoms with van der Waals surface area (Å²) in [5.74, 6) is -0.795. The van der Waals surface area contributed by atoms with E-state index in [0.717, 1.165) is 23.3 Å². The molecule has 1 unspecified atom stereocenters. The largest absolute Gasteiger partial charge is 0.497 e. The van der Waals surface area contributed by atoms with Crippen molar-refractivity contribution >= 4 is 5.97 Å². The van der Waals surface area contributed by atoms with Gasteiger partial charge in [-0.1, -0.05) is 50.2 Å². The van der Waals surface area contributed by atoms with E-state index >= 15 is 0 Å². The highest BCUT2D eigenvalue weighted by molar-refractivity contribution is 5.80. The fourth-order valence-corrected chi connectivity index (χ4v) is 3.67. The van der Waals surface area contributed by atoms with Gasteiger partial charge in [-0.3, -0.25) is 4.79 Å². The van der Waals surface area contributed by atoms with Crippen molar-refractivity contribution in [2.45, 2.75) is 32.4 Å². The van der Waals surface area contributed by atoms with Crippen LogP contribution in [0.3, 0.4) is 0 Å². The number of alkyl halides is 3. The van der Waals surface area contributed by atoms with Gasteiger partial charge in [0.15, 0.2) is 0 Å². The Bertz CT molecular complexity index is 1070. The lowest BCUT2D eigenvalue weighted by atomic mass is 9.86. The van der Waals surface area contributed by atoms with Crippen LogP contribution in [0.1, 0.15) is 37.3 Å². The van der Waals surface area contributed by atoms with Gasteiger partial charge in [0.2, 0.25) is 0 Å². The second-order valence-electron chi connectivity index (χ2n) is 8.17. The maximum Gasteiger partial charge on any atom is 0.416 e. The molecule has 0 saturated heterocycles. The summed E-state index contributed by atoms with van der Waals surface area (Å²) in [4.78, 5) is 12.0. The van der Waals surface area contributed by atoms with E-state index in [1.165, 1.54) is 12.1 Å². The minimum atomic E-state index is -4.42. The molecule has 0 spiro atoms. The second kappa shape index (κ2) is 9.47. The molecule has 0 fully saturated rings. The molecule has 3 nitrogen and oxygen atoms in total. The molecule has 3 aromatic rings. The summed E-state index contributed by atoms with van der Waals surface area (Å²) in [7, 11) is 1.57. The van der Waals surface area contributed by atoms with Crippen molar-refractivity contribution < 1.29 is 27.8 Å². The number of hydrogen-bond acceptors (Lipinski definition) is 2. The zero-order chi connectivity index (χ0) is 23.5. The molecule has 0 bridgehead atoms. The van der Waals surface area contributed by atoms with Gasteiger partial charge >= 0.3 is 12.1 Å². The monoisotopic (exact) mass is 442 g/mol. The van der Waals surface area contributed by atoms with Gasteiger partial charge in [0, 0.05) is 0 Å². The molecule has 0 aliphatic heterocycles. The van der Waals surface area contributed by atoms with E-state index in [9.17, 15) is 23.1 Å². The van der Waals surface area contributed by atoms with Crippen LogP contribution in [0.4, 0.5) is 13.2 Å². The van der Waals surface area contributed by atoms with E-state index in [1.54, 1.807) is 13.2 Å². The summed E-state index contributed by atoms with van der Waals surface area (Å²) in [5, 5.41) is 9.85. The van der Waals surface area contributed by atoms with Crippen molar-refractivity contribution in [2.75, 3.05) is 7.11 Å². The van der Waals surface area contributed by atoms with Crippen molar-refractivity contribution in [3.63, 3.8) is 0 Å². The molecular weight excluding hydrogens is 417 g/mol. The van der Waals surface area contributed by atoms with Crippen LogP contribution in [0.5, 0.6) is 5.75 Å². The Morgan fingerprint density at radius 3 is 1.78 bits per heavy atom. The maximum absolute atomic E-state index is 13.0. The third-order valence-electron chi connectivity index (χ3n) is 5.33. The van der Waals surface area contributed by atoms with E-state index in [1.807, 2.05) is 50.2 Å². The fraction of sp³-hybridized carbons (Fsp3) is 0.269. The smallest absolute Gasteiger partial charge is 0.416 e. The molecule has 3 aromatic carbocycles. The van der Waals surface area contributed by atoms with Crippen LogP contribution in [0, 0.1) is 5.92 Å². The van der Waals surface area contributed by atoms with Gasteiger partial charge in [0.1, 0.15) is 5.75 Å². The minimum absolute atomic E-state index is 0.162. The van der Waals surface area contributed by atoms with Gasteiger partial charge in [-0.25, -0.2) is 0 Å². The highest BCUT2D eigenvalue weighted by Crippen LogP contribution is 2.36. The van der Waals surface area contributed by atoms with E-state index in [-0.39, 0.29) is 5.92 Å². The molecule has 1 atom stereocenters. The van der Waals surface area contributed by atoms with Crippen LogP contribution in [0.25, 0.3) is 22.3 Å². The molecular formula is C26H25F3O3. The summed E-state index contributed by atoms with van der Waals surface area (Å²) in [6.07, 6.45) is -3.96. The lowest BCUT2D eigenvalue weighted by molar-refractivity contribution is -0.139. The first-order valence-electron chi connectivity index (χ1n) is 10.3. The van der Waals surface area contributed by atoms with Crippen LogP contribution >= 0.6 is 0 Å². The highest BCUT2D eigenvalue weighted by Gasteiger charge is 2.30. The summed E-state index contributed by atoms with van der Waals surface area (Å²) >= 11 is 0. The Morgan fingerprint density at radius 1 is 0.875 bits per heavy atom. The molecule has 0 amide bonds. The Labute approximate surface area is 185 Å². The molecule has 168 valence electrons. The van der Waals surface area contributed by atoms with Crippen LogP contribution in [0.15, 0.2) is 66.7 Å². The summed E-state index contributed by atoms with van der Waals surface area (Å²) in [6.45, 7) is 3.92. The minimum Gasteiger partial charge on any atom is -0.497 e. The molecule has 6 heteroatoms. The van der Waals surface area contributed by atoms with Gasteiger partial charge in [-0.15, -0.1) is 0 Å². The van der Waals surface area contributed by atoms with E-state index in [0.29, 0.717) is 28.9 Å². The number of ether oxygens (including phenoxy) is 1. The summed E-state index contributed by atoms with van der Waals surface area (Å²) < 4.78 is 44.1. The number of carboxylic acid groups (broad SMARTS) is 1. The van der Waals surface area contributed by atoms with Crippen molar-refractivity contribution in [3.05, 3.63) is 77.9 Å². The number of benzene rings is 3. The molecule has 3 rings (SSSR count). The SMILES string of the molecule is COc1ccc(-c2cc(-c3ccc(C(F)(F)F)cc3)cc(C(CC(C)C)C(=O)O)c2)cc1. The quantitative estimate of drug-likeness (QED) is 0.419.